The molecule has 1 aliphatic rings. The molecule has 2 aromatic rings. The third-order valence-corrected chi connectivity index (χ3v) is 4.76. The molecule has 0 atom stereocenters. The van der Waals surface area contributed by atoms with Gasteiger partial charge in [-0.1, -0.05) is 37.7 Å². The first-order valence-corrected chi connectivity index (χ1v) is 11.1. The minimum Gasteiger partial charge on any atom is -0.341 e. The van der Waals surface area contributed by atoms with Gasteiger partial charge in [0.2, 0.25) is 0 Å². The van der Waals surface area contributed by atoms with Crippen molar-refractivity contribution in [2.45, 2.75) is 19.6 Å². The molecule has 0 radical (unpaired) electrons. The molecular weight excluding hydrogens is 284 g/mol. The van der Waals surface area contributed by atoms with Gasteiger partial charge in [0.05, 0.1) is 22.7 Å². The first kappa shape index (κ1) is 14.7. The molecule has 3 heteroatoms. The highest BCUT2D eigenvalue weighted by Crippen LogP contribution is 2.46. The van der Waals surface area contributed by atoms with Crippen molar-refractivity contribution in [3.63, 3.8) is 0 Å². The van der Waals surface area contributed by atoms with Crippen molar-refractivity contribution in [3.05, 3.63) is 48.0 Å². The summed E-state index contributed by atoms with van der Waals surface area (Å²) in [5.41, 5.74) is 9.44. The third-order valence-electron chi connectivity index (χ3n) is 3.88. The second kappa shape index (κ2) is 5.22. The van der Waals surface area contributed by atoms with Crippen LogP contribution in [0.25, 0.3) is 0 Å². The van der Waals surface area contributed by atoms with E-state index >= 15 is 0 Å². The van der Waals surface area contributed by atoms with Crippen molar-refractivity contribution in [2.75, 3.05) is 23.9 Å². The molecule has 0 saturated carbocycles. The molecule has 22 heavy (non-hydrogen) atoms. The highest BCUT2D eigenvalue weighted by atomic mass is 28.3. The van der Waals surface area contributed by atoms with Crippen molar-refractivity contribution in [2.24, 2.45) is 0 Å². The van der Waals surface area contributed by atoms with E-state index in [1.165, 1.54) is 22.7 Å². The van der Waals surface area contributed by atoms with E-state index < -0.39 is 8.07 Å². The maximum absolute atomic E-state index is 3.45. The molecule has 0 spiro atoms. The van der Waals surface area contributed by atoms with Gasteiger partial charge in [-0.3, -0.25) is 0 Å². The van der Waals surface area contributed by atoms with Crippen molar-refractivity contribution in [3.8, 4) is 11.5 Å². The molecule has 0 aromatic heterocycles. The van der Waals surface area contributed by atoms with E-state index in [1.807, 2.05) is 0 Å². The SMILES string of the molecule is CN1c2ccccc2N(C)c2cc(C#C[Si](C)(C)C)ccc21. The lowest BCUT2D eigenvalue weighted by Gasteiger charge is -2.36. The number of hydrogen-bond acceptors (Lipinski definition) is 2. The highest BCUT2D eigenvalue weighted by molar-refractivity contribution is 6.83. The van der Waals surface area contributed by atoms with Gasteiger partial charge in [-0.05, 0) is 30.3 Å². The average Bonchev–Trinajstić information content (AvgIpc) is 2.50. The van der Waals surface area contributed by atoms with Gasteiger partial charge in [-0.25, -0.2) is 0 Å². The van der Waals surface area contributed by atoms with Crippen molar-refractivity contribution < 1.29 is 0 Å². The number of anilines is 4. The van der Waals surface area contributed by atoms with Gasteiger partial charge in [-0.15, -0.1) is 5.54 Å². The molecule has 0 aliphatic carbocycles. The van der Waals surface area contributed by atoms with Crippen molar-refractivity contribution in [1.29, 1.82) is 0 Å². The van der Waals surface area contributed by atoms with E-state index in [-0.39, 0.29) is 0 Å². The summed E-state index contributed by atoms with van der Waals surface area (Å²) in [7, 11) is 2.90. The van der Waals surface area contributed by atoms with Crippen LogP contribution < -0.4 is 9.80 Å². The van der Waals surface area contributed by atoms with Crippen molar-refractivity contribution >= 4 is 30.8 Å². The quantitative estimate of drug-likeness (QED) is 0.511. The molecule has 112 valence electrons. The minimum absolute atomic E-state index is 1.10. The number of benzene rings is 2. The normalized spacial score (nSPS) is 13.1. The summed E-state index contributed by atoms with van der Waals surface area (Å²) in [6.07, 6.45) is 0. The Morgan fingerprint density at radius 2 is 1.32 bits per heavy atom. The molecular formula is C19H22N2Si. The number of fused-ring (bicyclic) bond motifs is 2. The highest BCUT2D eigenvalue weighted by Gasteiger charge is 2.23. The zero-order valence-corrected chi connectivity index (χ0v) is 14.9. The Labute approximate surface area is 134 Å². The predicted molar refractivity (Wildman–Crippen MR) is 99.2 cm³/mol. The van der Waals surface area contributed by atoms with E-state index in [4.69, 9.17) is 0 Å². The molecule has 0 fully saturated rings. The summed E-state index contributed by atoms with van der Waals surface area (Å²) in [6.45, 7) is 6.82. The maximum atomic E-state index is 3.45. The first-order valence-electron chi connectivity index (χ1n) is 7.60. The Morgan fingerprint density at radius 1 is 0.773 bits per heavy atom. The fourth-order valence-corrected chi connectivity index (χ4v) is 3.22. The topological polar surface area (TPSA) is 6.48 Å². The van der Waals surface area contributed by atoms with Crippen LogP contribution in [0.2, 0.25) is 19.6 Å². The third kappa shape index (κ3) is 2.62. The lowest BCUT2D eigenvalue weighted by molar-refractivity contribution is 1.09. The Morgan fingerprint density at radius 3 is 1.91 bits per heavy atom. The van der Waals surface area contributed by atoms with E-state index in [0.717, 1.165) is 5.56 Å². The summed E-state index contributed by atoms with van der Waals surface area (Å²) >= 11 is 0. The fourth-order valence-electron chi connectivity index (χ4n) is 2.70. The van der Waals surface area contributed by atoms with Gasteiger partial charge in [-0.2, -0.15) is 0 Å². The van der Waals surface area contributed by atoms with Gasteiger partial charge in [0, 0.05) is 19.7 Å². The molecule has 0 amide bonds. The Balaban J connectivity index is 2.07. The second-order valence-electron chi connectivity index (χ2n) is 6.81. The number of para-hydroxylation sites is 2. The van der Waals surface area contributed by atoms with Crippen molar-refractivity contribution in [1.82, 2.24) is 0 Å². The molecule has 1 aliphatic heterocycles. The monoisotopic (exact) mass is 306 g/mol. The standard InChI is InChI=1S/C19H22N2Si/c1-20-16-8-6-7-9-17(16)21(2)19-14-15(10-11-18(19)20)12-13-22(3,4)5/h6-11,14H,1-5H3. The second-order valence-corrected chi connectivity index (χ2v) is 11.6. The van der Waals surface area contributed by atoms with Crippen LogP contribution in [0.5, 0.6) is 0 Å². The zero-order valence-electron chi connectivity index (χ0n) is 13.9. The summed E-state index contributed by atoms with van der Waals surface area (Å²) < 4.78 is 0. The van der Waals surface area contributed by atoms with E-state index in [2.05, 4.69) is 97.5 Å². The number of hydrogen-bond donors (Lipinski definition) is 0. The van der Waals surface area contributed by atoms with Gasteiger partial charge < -0.3 is 9.80 Å². The molecule has 0 saturated heterocycles. The van der Waals surface area contributed by atoms with Gasteiger partial charge in [0.1, 0.15) is 8.07 Å². The Kier molecular flexibility index (Phi) is 3.50. The molecule has 2 aromatic carbocycles. The van der Waals surface area contributed by atoms with Crippen LogP contribution in [-0.2, 0) is 0 Å². The smallest absolute Gasteiger partial charge is 0.129 e. The average molecular weight is 306 g/mol. The lowest BCUT2D eigenvalue weighted by atomic mass is 10.1. The summed E-state index contributed by atoms with van der Waals surface area (Å²) in [4.78, 5) is 4.50. The Bertz CT molecular complexity index is 778. The van der Waals surface area contributed by atoms with Gasteiger partial charge in [0.15, 0.2) is 0 Å². The summed E-state index contributed by atoms with van der Waals surface area (Å²) in [5.74, 6) is 3.36. The van der Waals surface area contributed by atoms with Crippen LogP contribution in [0, 0.1) is 11.5 Å². The lowest BCUT2D eigenvalue weighted by Crippen LogP contribution is -2.24. The largest absolute Gasteiger partial charge is 0.341 e. The Hall–Kier alpha value is -2.18. The van der Waals surface area contributed by atoms with Crippen LogP contribution in [0.3, 0.4) is 0 Å². The summed E-state index contributed by atoms with van der Waals surface area (Å²) in [5, 5.41) is 0. The van der Waals surface area contributed by atoms with Gasteiger partial charge in [0.25, 0.3) is 0 Å². The number of rotatable bonds is 0. The molecule has 2 nitrogen and oxygen atoms in total. The molecule has 1 heterocycles. The summed E-state index contributed by atoms with van der Waals surface area (Å²) in [6, 6.07) is 15.0. The minimum atomic E-state index is -1.35. The fraction of sp³-hybridized carbons (Fsp3) is 0.263. The predicted octanol–water partition coefficient (Wildman–Crippen LogP) is 4.76. The van der Waals surface area contributed by atoms with E-state index in [0.29, 0.717) is 0 Å². The van der Waals surface area contributed by atoms with Gasteiger partial charge >= 0.3 is 0 Å². The van der Waals surface area contributed by atoms with Crippen LogP contribution >= 0.6 is 0 Å². The zero-order chi connectivity index (χ0) is 15.9. The molecule has 3 rings (SSSR count). The molecule has 0 bridgehead atoms. The van der Waals surface area contributed by atoms with E-state index in [9.17, 15) is 0 Å². The first-order chi connectivity index (χ1) is 10.4. The van der Waals surface area contributed by atoms with Crippen LogP contribution in [0.1, 0.15) is 5.56 Å². The van der Waals surface area contributed by atoms with Crippen LogP contribution in [0.15, 0.2) is 42.5 Å². The number of nitrogens with zero attached hydrogens (tertiary/aromatic N) is 2. The van der Waals surface area contributed by atoms with Crippen LogP contribution in [-0.4, -0.2) is 22.2 Å². The molecule has 0 N–H and O–H groups in total. The van der Waals surface area contributed by atoms with E-state index in [1.54, 1.807) is 0 Å². The molecule has 0 unspecified atom stereocenters. The maximum Gasteiger partial charge on any atom is 0.129 e. The van der Waals surface area contributed by atoms with Crippen LogP contribution in [0.4, 0.5) is 22.7 Å².